The van der Waals surface area contributed by atoms with Crippen LogP contribution in [0.15, 0.2) is 0 Å². The largest absolute Gasteiger partial charge is 0.463 e. The number of esters is 1. The molecule has 0 N–H and O–H groups in total. The van der Waals surface area contributed by atoms with Crippen LogP contribution in [0.1, 0.15) is 72.1 Å². The molecular formula is C15H30O3. The minimum atomic E-state index is -0.0871. The summed E-state index contributed by atoms with van der Waals surface area (Å²) >= 11 is 0. The molecule has 0 radical (unpaired) electrons. The number of unbranched alkanes of at least 4 members (excludes halogenated alkanes) is 6. The molecule has 0 aromatic heterocycles. The maximum atomic E-state index is 11.3. The molecule has 0 fully saturated rings. The summed E-state index contributed by atoms with van der Waals surface area (Å²) in [6, 6.07) is 0. The van der Waals surface area contributed by atoms with Crippen molar-refractivity contribution >= 4 is 5.97 Å². The zero-order valence-electron chi connectivity index (χ0n) is 12.4. The smallest absolute Gasteiger partial charge is 0.305 e. The highest BCUT2D eigenvalue weighted by atomic mass is 16.6. The van der Waals surface area contributed by atoms with Crippen LogP contribution < -0.4 is 0 Å². The highest BCUT2D eigenvalue weighted by Gasteiger charge is 2.02. The van der Waals surface area contributed by atoms with Gasteiger partial charge < -0.3 is 9.47 Å². The minimum Gasteiger partial charge on any atom is -0.463 e. The van der Waals surface area contributed by atoms with Gasteiger partial charge in [-0.15, -0.1) is 0 Å². The number of rotatable bonds is 12. The first-order valence-corrected chi connectivity index (χ1v) is 7.44. The first kappa shape index (κ1) is 17.4. The summed E-state index contributed by atoms with van der Waals surface area (Å²) < 4.78 is 10.4. The van der Waals surface area contributed by atoms with Gasteiger partial charge in [-0.25, -0.2) is 0 Å². The molecule has 0 unspecified atom stereocenters. The second-order valence-electron chi connectivity index (χ2n) is 5.01. The van der Waals surface area contributed by atoms with Gasteiger partial charge in [-0.05, 0) is 20.3 Å². The molecule has 0 aromatic rings. The molecule has 0 amide bonds. The van der Waals surface area contributed by atoms with Gasteiger partial charge in [0.15, 0.2) is 0 Å². The lowest BCUT2D eigenvalue weighted by Crippen LogP contribution is -2.13. The summed E-state index contributed by atoms with van der Waals surface area (Å²) in [7, 11) is 0. The molecule has 108 valence electrons. The van der Waals surface area contributed by atoms with E-state index in [2.05, 4.69) is 6.92 Å². The fourth-order valence-electron chi connectivity index (χ4n) is 1.74. The van der Waals surface area contributed by atoms with Gasteiger partial charge in [0.25, 0.3) is 0 Å². The van der Waals surface area contributed by atoms with E-state index in [9.17, 15) is 4.79 Å². The van der Waals surface area contributed by atoms with Crippen molar-refractivity contribution in [2.45, 2.75) is 78.2 Å². The minimum absolute atomic E-state index is 0.0871. The molecule has 0 rings (SSSR count). The molecule has 0 bridgehead atoms. The van der Waals surface area contributed by atoms with Crippen molar-refractivity contribution in [2.75, 3.05) is 13.2 Å². The van der Waals surface area contributed by atoms with Gasteiger partial charge in [-0.1, -0.05) is 45.4 Å². The van der Waals surface area contributed by atoms with E-state index >= 15 is 0 Å². The zero-order valence-corrected chi connectivity index (χ0v) is 12.4. The average Bonchev–Trinajstić information content (AvgIpc) is 2.33. The van der Waals surface area contributed by atoms with Gasteiger partial charge in [-0.2, -0.15) is 0 Å². The fraction of sp³-hybridized carbons (Fsp3) is 0.933. The van der Waals surface area contributed by atoms with Gasteiger partial charge in [0.1, 0.15) is 6.61 Å². The average molecular weight is 258 g/mol. The normalized spacial score (nSPS) is 10.9. The van der Waals surface area contributed by atoms with Crippen LogP contribution in [0.3, 0.4) is 0 Å². The van der Waals surface area contributed by atoms with E-state index in [1.807, 2.05) is 13.8 Å². The topological polar surface area (TPSA) is 35.5 Å². The predicted octanol–water partition coefficient (Wildman–Crippen LogP) is 4.10. The summed E-state index contributed by atoms with van der Waals surface area (Å²) in [5, 5.41) is 0. The zero-order chi connectivity index (χ0) is 13.6. The van der Waals surface area contributed by atoms with Crippen molar-refractivity contribution in [3.05, 3.63) is 0 Å². The summed E-state index contributed by atoms with van der Waals surface area (Å²) in [4.78, 5) is 11.3. The molecule has 0 aliphatic carbocycles. The van der Waals surface area contributed by atoms with Crippen molar-refractivity contribution in [1.29, 1.82) is 0 Å². The molecule has 0 aliphatic heterocycles. The van der Waals surface area contributed by atoms with Gasteiger partial charge in [0.2, 0.25) is 0 Å². The molecule has 3 heteroatoms. The third kappa shape index (κ3) is 13.5. The standard InChI is InChI=1S/C15H30O3/c1-4-5-6-7-8-9-10-11-15(16)18-13-12-17-14(2)3/h14H,4-13H2,1-3H3. The highest BCUT2D eigenvalue weighted by Crippen LogP contribution is 2.08. The van der Waals surface area contributed by atoms with Crippen LogP contribution in [0.25, 0.3) is 0 Å². The molecule has 0 heterocycles. The maximum Gasteiger partial charge on any atom is 0.305 e. The van der Waals surface area contributed by atoms with Gasteiger partial charge in [-0.3, -0.25) is 4.79 Å². The Morgan fingerprint density at radius 3 is 2.17 bits per heavy atom. The van der Waals surface area contributed by atoms with Crippen LogP contribution in [0, 0.1) is 0 Å². The van der Waals surface area contributed by atoms with E-state index in [1.54, 1.807) is 0 Å². The van der Waals surface area contributed by atoms with Crippen LogP contribution in [-0.2, 0) is 14.3 Å². The molecule has 0 saturated heterocycles. The number of carbonyl (C=O) groups excluding carboxylic acids is 1. The first-order chi connectivity index (χ1) is 8.66. The summed E-state index contributed by atoms with van der Waals surface area (Å²) in [6.45, 7) is 7.05. The fourth-order valence-corrected chi connectivity index (χ4v) is 1.74. The lowest BCUT2D eigenvalue weighted by atomic mass is 10.1. The van der Waals surface area contributed by atoms with E-state index in [0.717, 1.165) is 12.8 Å². The second-order valence-corrected chi connectivity index (χ2v) is 5.01. The SMILES string of the molecule is CCCCCCCCCC(=O)OCCOC(C)C. The van der Waals surface area contributed by atoms with E-state index in [1.165, 1.54) is 32.1 Å². The van der Waals surface area contributed by atoms with Crippen molar-refractivity contribution < 1.29 is 14.3 Å². The summed E-state index contributed by atoms with van der Waals surface area (Å²) in [5.41, 5.74) is 0. The monoisotopic (exact) mass is 258 g/mol. The highest BCUT2D eigenvalue weighted by molar-refractivity contribution is 5.69. The number of carbonyl (C=O) groups is 1. The van der Waals surface area contributed by atoms with Crippen LogP contribution in [0.5, 0.6) is 0 Å². The van der Waals surface area contributed by atoms with Crippen molar-refractivity contribution in [2.24, 2.45) is 0 Å². The number of ether oxygens (including phenoxy) is 2. The molecule has 0 spiro atoms. The van der Waals surface area contributed by atoms with Crippen molar-refractivity contribution in [3.8, 4) is 0 Å². The Morgan fingerprint density at radius 1 is 0.944 bits per heavy atom. The molecule has 0 atom stereocenters. The van der Waals surface area contributed by atoms with Crippen LogP contribution in [0.2, 0.25) is 0 Å². The predicted molar refractivity (Wildman–Crippen MR) is 74.7 cm³/mol. The van der Waals surface area contributed by atoms with Gasteiger partial charge in [0.05, 0.1) is 12.7 Å². The summed E-state index contributed by atoms with van der Waals surface area (Å²) in [6.07, 6.45) is 9.32. The van der Waals surface area contributed by atoms with Crippen LogP contribution in [0.4, 0.5) is 0 Å². The molecule has 18 heavy (non-hydrogen) atoms. The Balaban J connectivity index is 3.17. The van der Waals surface area contributed by atoms with E-state index in [4.69, 9.17) is 9.47 Å². The number of hydrogen-bond donors (Lipinski definition) is 0. The third-order valence-corrected chi connectivity index (χ3v) is 2.78. The second kappa shape index (κ2) is 12.9. The Morgan fingerprint density at radius 2 is 1.56 bits per heavy atom. The lowest BCUT2D eigenvalue weighted by molar-refractivity contribution is -0.145. The molecular weight excluding hydrogens is 228 g/mol. The Kier molecular flexibility index (Phi) is 12.5. The van der Waals surface area contributed by atoms with E-state index in [-0.39, 0.29) is 12.1 Å². The van der Waals surface area contributed by atoms with Crippen LogP contribution >= 0.6 is 0 Å². The maximum absolute atomic E-state index is 11.3. The van der Waals surface area contributed by atoms with E-state index in [0.29, 0.717) is 19.6 Å². The molecule has 0 aromatic carbocycles. The van der Waals surface area contributed by atoms with Gasteiger partial charge in [0, 0.05) is 6.42 Å². The van der Waals surface area contributed by atoms with Gasteiger partial charge >= 0.3 is 5.97 Å². The summed E-state index contributed by atoms with van der Waals surface area (Å²) in [5.74, 6) is -0.0871. The molecule has 0 aliphatic rings. The number of hydrogen-bond acceptors (Lipinski definition) is 3. The van der Waals surface area contributed by atoms with Crippen LogP contribution in [-0.4, -0.2) is 25.3 Å². The first-order valence-electron chi connectivity index (χ1n) is 7.44. The molecule has 3 nitrogen and oxygen atoms in total. The Labute approximate surface area is 112 Å². The molecule has 0 saturated carbocycles. The Bertz CT molecular complexity index is 190. The quantitative estimate of drug-likeness (QED) is 0.390. The lowest BCUT2D eigenvalue weighted by Gasteiger charge is -2.08. The van der Waals surface area contributed by atoms with Crippen molar-refractivity contribution in [3.63, 3.8) is 0 Å². The van der Waals surface area contributed by atoms with Crippen molar-refractivity contribution in [1.82, 2.24) is 0 Å². The van der Waals surface area contributed by atoms with E-state index < -0.39 is 0 Å². The Hall–Kier alpha value is -0.570. The third-order valence-electron chi connectivity index (χ3n) is 2.78.